The Labute approximate surface area is 112 Å². The zero-order valence-electron chi connectivity index (χ0n) is 11.9. The van der Waals surface area contributed by atoms with Crippen molar-refractivity contribution in [2.75, 3.05) is 7.11 Å². The van der Waals surface area contributed by atoms with Gasteiger partial charge in [0.15, 0.2) is 0 Å². The molecule has 1 unspecified atom stereocenters. The van der Waals surface area contributed by atoms with Gasteiger partial charge in [-0.2, -0.15) is 0 Å². The molecule has 1 atom stereocenters. The molecule has 1 saturated carbocycles. The first-order valence-electron chi connectivity index (χ1n) is 7.78. The van der Waals surface area contributed by atoms with Gasteiger partial charge in [0.2, 0.25) is 0 Å². The fraction of sp³-hybridized carbons (Fsp3) is 0.875. The van der Waals surface area contributed by atoms with Crippen molar-refractivity contribution in [3.05, 3.63) is 11.6 Å². The summed E-state index contributed by atoms with van der Waals surface area (Å²) in [6, 6.07) is 0.126. The molecule has 0 aromatic carbocycles. The first kappa shape index (κ1) is 14.1. The lowest BCUT2D eigenvalue weighted by atomic mass is 9.75. The standard InChI is InChI=1S/C16H29NO/c1-18-16(12-8-5-9-13-16)15(17)14-10-6-3-2-4-7-11-14/h10,15H,2-9,11-13,17H2,1H3. The van der Waals surface area contributed by atoms with Crippen molar-refractivity contribution < 1.29 is 4.74 Å². The third-order valence-corrected chi connectivity index (χ3v) is 4.90. The molecule has 0 aromatic rings. The topological polar surface area (TPSA) is 35.2 Å². The molecule has 0 bridgehead atoms. The Morgan fingerprint density at radius 1 is 1.06 bits per heavy atom. The highest BCUT2D eigenvalue weighted by molar-refractivity contribution is 5.18. The summed E-state index contributed by atoms with van der Waals surface area (Å²) in [5.41, 5.74) is 8.00. The van der Waals surface area contributed by atoms with Crippen LogP contribution < -0.4 is 5.73 Å². The van der Waals surface area contributed by atoms with Gasteiger partial charge in [-0.15, -0.1) is 0 Å². The predicted octanol–water partition coefficient (Wildman–Crippen LogP) is 3.94. The largest absolute Gasteiger partial charge is 0.376 e. The normalized spacial score (nSPS) is 26.9. The molecule has 0 radical (unpaired) electrons. The lowest BCUT2D eigenvalue weighted by Crippen LogP contribution is -2.51. The van der Waals surface area contributed by atoms with Crippen molar-refractivity contribution in [2.24, 2.45) is 5.73 Å². The summed E-state index contributed by atoms with van der Waals surface area (Å²) in [6.45, 7) is 0. The Bertz CT molecular complexity index is 279. The third-order valence-electron chi connectivity index (χ3n) is 4.90. The van der Waals surface area contributed by atoms with E-state index in [0.29, 0.717) is 0 Å². The maximum atomic E-state index is 6.60. The quantitative estimate of drug-likeness (QED) is 0.771. The SMILES string of the molecule is COC1(C(N)C2=CCCCCCC2)CCCCC1. The van der Waals surface area contributed by atoms with Crippen molar-refractivity contribution in [1.29, 1.82) is 0 Å². The van der Waals surface area contributed by atoms with Crippen LogP contribution in [-0.4, -0.2) is 18.8 Å². The third kappa shape index (κ3) is 3.16. The number of rotatable bonds is 3. The number of methoxy groups -OCH3 is 1. The van der Waals surface area contributed by atoms with Crippen LogP contribution in [0.4, 0.5) is 0 Å². The Balaban J connectivity index is 2.08. The average molecular weight is 251 g/mol. The fourth-order valence-corrected chi connectivity index (χ4v) is 3.63. The van der Waals surface area contributed by atoms with Gasteiger partial charge in [-0.05, 0) is 38.5 Å². The van der Waals surface area contributed by atoms with Gasteiger partial charge in [-0.25, -0.2) is 0 Å². The van der Waals surface area contributed by atoms with E-state index in [1.807, 2.05) is 7.11 Å². The predicted molar refractivity (Wildman–Crippen MR) is 76.6 cm³/mol. The van der Waals surface area contributed by atoms with Crippen molar-refractivity contribution in [1.82, 2.24) is 0 Å². The molecule has 0 amide bonds. The van der Waals surface area contributed by atoms with Gasteiger partial charge in [0.05, 0.1) is 11.6 Å². The van der Waals surface area contributed by atoms with Gasteiger partial charge >= 0.3 is 0 Å². The zero-order chi connectivity index (χ0) is 12.8. The number of hydrogen-bond donors (Lipinski definition) is 1. The van der Waals surface area contributed by atoms with E-state index in [0.717, 1.165) is 12.8 Å². The van der Waals surface area contributed by atoms with E-state index in [1.165, 1.54) is 63.4 Å². The van der Waals surface area contributed by atoms with E-state index in [9.17, 15) is 0 Å². The summed E-state index contributed by atoms with van der Waals surface area (Å²) in [4.78, 5) is 0. The summed E-state index contributed by atoms with van der Waals surface area (Å²) in [5.74, 6) is 0. The van der Waals surface area contributed by atoms with Gasteiger partial charge in [0.1, 0.15) is 0 Å². The van der Waals surface area contributed by atoms with Gasteiger partial charge in [-0.1, -0.05) is 43.8 Å². The van der Waals surface area contributed by atoms with Gasteiger partial charge in [0, 0.05) is 7.11 Å². The minimum absolute atomic E-state index is 0.0662. The second-order valence-electron chi connectivity index (χ2n) is 6.04. The van der Waals surface area contributed by atoms with Crippen LogP contribution in [-0.2, 0) is 4.74 Å². The van der Waals surface area contributed by atoms with Crippen molar-refractivity contribution in [3.63, 3.8) is 0 Å². The highest BCUT2D eigenvalue weighted by atomic mass is 16.5. The van der Waals surface area contributed by atoms with E-state index < -0.39 is 0 Å². The molecule has 1 fully saturated rings. The summed E-state index contributed by atoms with van der Waals surface area (Å²) in [6.07, 6.45) is 16.4. The smallest absolute Gasteiger partial charge is 0.0867 e. The molecule has 2 rings (SSSR count). The number of allylic oxidation sites excluding steroid dienone is 1. The molecule has 2 aliphatic rings. The molecule has 0 heterocycles. The summed E-state index contributed by atoms with van der Waals surface area (Å²) in [7, 11) is 1.86. The Morgan fingerprint density at radius 3 is 2.44 bits per heavy atom. The van der Waals surface area contributed by atoms with Crippen LogP contribution in [0.3, 0.4) is 0 Å². The van der Waals surface area contributed by atoms with Crippen LogP contribution in [0.25, 0.3) is 0 Å². The maximum Gasteiger partial charge on any atom is 0.0867 e. The first-order chi connectivity index (χ1) is 8.78. The van der Waals surface area contributed by atoms with Crippen molar-refractivity contribution >= 4 is 0 Å². The molecule has 18 heavy (non-hydrogen) atoms. The lowest BCUT2D eigenvalue weighted by Gasteiger charge is -2.42. The summed E-state index contributed by atoms with van der Waals surface area (Å²) in [5, 5.41) is 0. The molecule has 0 spiro atoms. The molecule has 2 N–H and O–H groups in total. The molecule has 2 heteroatoms. The average Bonchev–Trinajstić information content (AvgIpc) is 2.38. The van der Waals surface area contributed by atoms with E-state index in [1.54, 1.807) is 0 Å². The highest BCUT2D eigenvalue weighted by Gasteiger charge is 2.39. The molecule has 0 aliphatic heterocycles. The van der Waals surface area contributed by atoms with Crippen LogP contribution in [0, 0.1) is 0 Å². The van der Waals surface area contributed by atoms with Crippen LogP contribution in [0.2, 0.25) is 0 Å². The zero-order valence-corrected chi connectivity index (χ0v) is 11.9. The van der Waals surface area contributed by atoms with Gasteiger partial charge in [-0.3, -0.25) is 0 Å². The molecule has 0 aromatic heterocycles. The minimum atomic E-state index is -0.0662. The number of ether oxygens (including phenoxy) is 1. The fourth-order valence-electron chi connectivity index (χ4n) is 3.63. The van der Waals surface area contributed by atoms with E-state index in [4.69, 9.17) is 10.5 Å². The lowest BCUT2D eigenvalue weighted by molar-refractivity contribution is -0.0511. The monoisotopic (exact) mass is 251 g/mol. The number of nitrogens with two attached hydrogens (primary N) is 1. The van der Waals surface area contributed by atoms with Crippen LogP contribution in [0.5, 0.6) is 0 Å². The molecular weight excluding hydrogens is 222 g/mol. The van der Waals surface area contributed by atoms with Crippen LogP contribution in [0.1, 0.15) is 70.6 Å². The highest BCUT2D eigenvalue weighted by Crippen LogP contribution is 2.37. The van der Waals surface area contributed by atoms with Gasteiger partial charge in [0.25, 0.3) is 0 Å². The van der Waals surface area contributed by atoms with Crippen LogP contribution in [0.15, 0.2) is 11.6 Å². The van der Waals surface area contributed by atoms with Crippen LogP contribution >= 0.6 is 0 Å². The van der Waals surface area contributed by atoms with Crippen molar-refractivity contribution in [3.8, 4) is 0 Å². The molecule has 2 aliphatic carbocycles. The van der Waals surface area contributed by atoms with Gasteiger partial charge < -0.3 is 10.5 Å². The Morgan fingerprint density at radius 2 is 1.72 bits per heavy atom. The van der Waals surface area contributed by atoms with Crippen molar-refractivity contribution in [2.45, 2.75) is 82.3 Å². The van der Waals surface area contributed by atoms with E-state index in [-0.39, 0.29) is 11.6 Å². The molecule has 104 valence electrons. The summed E-state index contributed by atoms with van der Waals surface area (Å²) >= 11 is 0. The van der Waals surface area contributed by atoms with E-state index in [2.05, 4.69) is 6.08 Å². The first-order valence-corrected chi connectivity index (χ1v) is 7.78. The second-order valence-corrected chi connectivity index (χ2v) is 6.04. The summed E-state index contributed by atoms with van der Waals surface area (Å²) < 4.78 is 5.90. The Kier molecular flexibility index (Phi) is 5.25. The second kappa shape index (κ2) is 6.72. The Hall–Kier alpha value is -0.340. The molecule has 2 nitrogen and oxygen atoms in total. The maximum absolute atomic E-state index is 6.60. The number of hydrogen-bond acceptors (Lipinski definition) is 2. The molecule has 0 saturated heterocycles. The molecular formula is C16H29NO. The van der Waals surface area contributed by atoms with E-state index >= 15 is 0 Å². The minimum Gasteiger partial charge on any atom is -0.376 e.